The fourth-order valence-electron chi connectivity index (χ4n) is 3.94. The first-order chi connectivity index (χ1) is 14.6. The molecule has 3 N–H and O–H groups in total. The summed E-state index contributed by atoms with van der Waals surface area (Å²) >= 11 is 1.72. The minimum Gasteiger partial charge on any atom is -0.325 e. The number of hydrogen-bond donors (Lipinski definition) is 3. The molecule has 0 spiro atoms. The molecule has 3 heterocycles. The summed E-state index contributed by atoms with van der Waals surface area (Å²) in [5.74, 6) is 1.58. The van der Waals surface area contributed by atoms with Gasteiger partial charge in [0, 0.05) is 55.4 Å². The SMILES string of the molecule is O=C(CN1CCNCC1)Nc1ccc(CCn2c3c(c(=O)[nH]c2=O)CSCC3)cc1. The van der Waals surface area contributed by atoms with Gasteiger partial charge >= 0.3 is 5.69 Å². The summed E-state index contributed by atoms with van der Waals surface area (Å²) in [6.07, 6.45) is 1.43. The first-order valence-electron chi connectivity index (χ1n) is 10.3. The molecule has 160 valence electrons. The molecule has 9 heteroatoms. The summed E-state index contributed by atoms with van der Waals surface area (Å²) in [6.45, 7) is 4.54. The first-order valence-corrected chi connectivity index (χ1v) is 11.5. The molecular formula is C21H27N5O3S. The van der Waals surface area contributed by atoms with Crippen LogP contribution in [0.2, 0.25) is 0 Å². The predicted molar refractivity (Wildman–Crippen MR) is 119 cm³/mol. The molecule has 2 aliphatic heterocycles. The zero-order valence-electron chi connectivity index (χ0n) is 16.9. The number of hydrogen-bond acceptors (Lipinski definition) is 6. The Bertz CT molecular complexity index is 1010. The second-order valence-corrected chi connectivity index (χ2v) is 8.77. The summed E-state index contributed by atoms with van der Waals surface area (Å²) in [7, 11) is 0. The zero-order chi connectivity index (χ0) is 20.9. The third kappa shape index (κ3) is 5.03. The maximum atomic E-state index is 12.3. The van der Waals surface area contributed by atoms with Gasteiger partial charge in [-0.05, 0) is 36.3 Å². The molecule has 0 aliphatic carbocycles. The van der Waals surface area contributed by atoms with Crippen LogP contribution in [0.1, 0.15) is 16.8 Å². The Kier molecular flexibility index (Phi) is 6.71. The number of aromatic nitrogens is 2. The van der Waals surface area contributed by atoms with Gasteiger partial charge in [0.15, 0.2) is 0 Å². The second kappa shape index (κ2) is 9.63. The van der Waals surface area contributed by atoms with Crippen LogP contribution in [0, 0.1) is 0 Å². The summed E-state index contributed by atoms with van der Waals surface area (Å²) in [4.78, 5) is 41.2. The van der Waals surface area contributed by atoms with Gasteiger partial charge in [0.2, 0.25) is 5.91 Å². The van der Waals surface area contributed by atoms with Crippen LogP contribution in [0.15, 0.2) is 33.9 Å². The zero-order valence-corrected chi connectivity index (χ0v) is 17.7. The van der Waals surface area contributed by atoms with Crippen LogP contribution in [0.4, 0.5) is 5.69 Å². The van der Waals surface area contributed by atoms with E-state index in [1.165, 1.54) is 0 Å². The molecule has 30 heavy (non-hydrogen) atoms. The summed E-state index contributed by atoms with van der Waals surface area (Å²) in [6, 6.07) is 7.73. The number of nitrogens with zero attached hydrogens (tertiary/aromatic N) is 2. The number of carbonyl (C=O) groups excluding carboxylic acids is 1. The molecule has 1 fully saturated rings. The van der Waals surface area contributed by atoms with Crippen molar-refractivity contribution in [1.82, 2.24) is 19.8 Å². The van der Waals surface area contributed by atoms with E-state index in [9.17, 15) is 14.4 Å². The highest BCUT2D eigenvalue weighted by molar-refractivity contribution is 7.98. The van der Waals surface area contributed by atoms with E-state index < -0.39 is 0 Å². The summed E-state index contributed by atoms with van der Waals surface area (Å²) in [5.41, 5.74) is 2.87. The van der Waals surface area contributed by atoms with Gasteiger partial charge in [0.1, 0.15) is 0 Å². The molecule has 8 nitrogen and oxygen atoms in total. The number of H-pyrrole nitrogens is 1. The number of nitrogens with one attached hydrogen (secondary N) is 3. The quantitative estimate of drug-likeness (QED) is 0.615. The number of fused-ring (bicyclic) bond motifs is 1. The molecule has 0 bridgehead atoms. The van der Waals surface area contributed by atoms with E-state index in [1.54, 1.807) is 16.3 Å². The number of piperazine rings is 1. The molecule has 0 radical (unpaired) electrons. The highest BCUT2D eigenvalue weighted by atomic mass is 32.2. The van der Waals surface area contributed by atoms with Crippen molar-refractivity contribution in [2.45, 2.75) is 25.1 Å². The van der Waals surface area contributed by atoms with Crippen LogP contribution < -0.4 is 21.9 Å². The number of benzene rings is 1. The lowest BCUT2D eigenvalue weighted by atomic mass is 10.1. The van der Waals surface area contributed by atoms with Crippen LogP contribution in [0.5, 0.6) is 0 Å². The van der Waals surface area contributed by atoms with Crippen molar-refractivity contribution in [3.8, 4) is 0 Å². The van der Waals surface area contributed by atoms with E-state index in [4.69, 9.17) is 0 Å². The van der Waals surface area contributed by atoms with Gasteiger partial charge < -0.3 is 10.6 Å². The van der Waals surface area contributed by atoms with E-state index in [0.717, 1.165) is 60.9 Å². The first kappa shape index (κ1) is 20.9. The second-order valence-electron chi connectivity index (χ2n) is 7.66. The van der Waals surface area contributed by atoms with Crippen molar-refractivity contribution in [2.75, 3.05) is 43.8 Å². The average Bonchev–Trinajstić information content (AvgIpc) is 2.75. The molecule has 2 aliphatic rings. The van der Waals surface area contributed by atoms with Crippen LogP contribution in [0.3, 0.4) is 0 Å². The lowest BCUT2D eigenvalue weighted by Crippen LogP contribution is -2.46. The van der Waals surface area contributed by atoms with Crippen molar-refractivity contribution >= 4 is 23.4 Å². The van der Waals surface area contributed by atoms with Crippen LogP contribution in [-0.4, -0.2) is 58.8 Å². The molecule has 1 saturated heterocycles. The van der Waals surface area contributed by atoms with E-state index in [-0.39, 0.29) is 17.2 Å². The predicted octanol–water partition coefficient (Wildman–Crippen LogP) is 0.412. The van der Waals surface area contributed by atoms with Crippen molar-refractivity contribution in [3.63, 3.8) is 0 Å². The number of rotatable bonds is 6. The number of aryl methyl sites for hydroxylation is 1. The topological polar surface area (TPSA) is 99.2 Å². The maximum absolute atomic E-state index is 12.3. The Hall–Kier alpha value is -2.36. The monoisotopic (exact) mass is 429 g/mol. The molecular weight excluding hydrogens is 402 g/mol. The summed E-state index contributed by atoms with van der Waals surface area (Å²) < 4.78 is 1.71. The van der Waals surface area contributed by atoms with Gasteiger partial charge in [-0.2, -0.15) is 11.8 Å². The van der Waals surface area contributed by atoms with Gasteiger partial charge in [0.05, 0.1) is 6.54 Å². The van der Waals surface area contributed by atoms with Crippen LogP contribution in [0.25, 0.3) is 0 Å². The normalized spacial score (nSPS) is 16.8. The van der Waals surface area contributed by atoms with Gasteiger partial charge in [0.25, 0.3) is 5.56 Å². The molecule has 0 saturated carbocycles. The largest absolute Gasteiger partial charge is 0.328 e. The number of amides is 1. The fraction of sp³-hybridized carbons (Fsp3) is 0.476. The Morgan fingerprint density at radius 1 is 1.13 bits per heavy atom. The Labute approximate surface area is 179 Å². The maximum Gasteiger partial charge on any atom is 0.328 e. The number of anilines is 1. The summed E-state index contributed by atoms with van der Waals surface area (Å²) in [5, 5.41) is 6.23. The van der Waals surface area contributed by atoms with Gasteiger partial charge in [-0.15, -0.1) is 0 Å². The Balaban J connectivity index is 1.36. The molecule has 0 unspecified atom stereocenters. The highest BCUT2D eigenvalue weighted by Crippen LogP contribution is 2.21. The van der Waals surface area contributed by atoms with Crippen molar-refractivity contribution in [1.29, 1.82) is 0 Å². The lowest BCUT2D eigenvalue weighted by molar-refractivity contribution is -0.117. The number of thioether (sulfide) groups is 1. The number of aromatic amines is 1. The standard InChI is InChI=1S/C21H27N5O3S/c27-19(13-25-10-7-22-8-11-25)23-16-3-1-15(2-4-16)5-9-26-18-6-12-30-14-17(18)20(28)24-21(26)29/h1-4,22H,5-14H2,(H,23,27)(H,24,28,29). The van der Waals surface area contributed by atoms with Gasteiger partial charge in [-0.1, -0.05) is 12.1 Å². The van der Waals surface area contributed by atoms with E-state index in [1.807, 2.05) is 24.3 Å². The minimum atomic E-state index is -0.331. The third-order valence-electron chi connectivity index (χ3n) is 5.58. The van der Waals surface area contributed by atoms with E-state index in [0.29, 0.717) is 25.3 Å². The number of carbonyl (C=O) groups is 1. The molecule has 1 aromatic carbocycles. The average molecular weight is 430 g/mol. The molecule has 2 aromatic rings. The van der Waals surface area contributed by atoms with Crippen molar-refractivity contribution < 1.29 is 4.79 Å². The Morgan fingerprint density at radius 2 is 1.90 bits per heavy atom. The lowest BCUT2D eigenvalue weighted by Gasteiger charge is -2.26. The molecule has 4 rings (SSSR count). The molecule has 1 aromatic heterocycles. The van der Waals surface area contributed by atoms with Gasteiger partial charge in [-0.25, -0.2) is 4.79 Å². The fourth-order valence-corrected chi connectivity index (χ4v) is 4.92. The van der Waals surface area contributed by atoms with Crippen molar-refractivity contribution in [3.05, 3.63) is 61.9 Å². The molecule has 0 atom stereocenters. The van der Waals surface area contributed by atoms with E-state index in [2.05, 4.69) is 20.5 Å². The van der Waals surface area contributed by atoms with Gasteiger partial charge in [-0.3, -0.25) is 24.0 Å². The smallest absolute Gasteiger partial charge is 0.325 e. The van der Waals surface area contributed by atoms with E-state index >= 15 is 0 Å². The van der Waals surface area contributed by atoms with Crippen LogP contribution in [-0.2, 0) is 29.9 Å². The highest BCUT2D eigenvalue weighted by Gasteiger charge is 2.18. The minimum absolute atomic E-state index is 0.00561. The molecule has 1 amide bonds. The van der Waals surface area contributed by atoms with Crippen molar-refractivity contribution in [2.24, 2.45) is 0 Å². The third-order valence-corrected chi connectivity index (χ3v) is 6.57. The Morgan fingerprint density at radius 3 is 2.67 bits per heavy atom. The van der Waals surface area contributed by atoms with Crippen LogP contribution >= 0.6 is 11.8 Å².